The second-order valence-corrected chi connectivity index (χ2v) is 7.36. The van der Waals surface area contributed by atoms with Gasteiger partial charge in [-0.2, -0.15) is 13.2 Å². The van der Waals surface area contributed by atoms with Crippen molar-refractivity contribution in [2.75, 3.05) is 20.1 Å². The van der Waals surface area contributed by atoms with E-state index in [4.69, 9.17) is 0 Å². The molecule has 3 nitrogen and oxygen atoms in total. The first-order valence-corrected chi connectivity index (χ1v) is 8.70. The lowest BCUT2D eigenvalue weighted by Gasteiger charge is -2.38. The van der Waals surface area contributed by atoms with E-state index in [2.05, 4.69) is 10.2 Å². The summed E-state index contributed by atoms with van der Waals surface area (Å²) < 4.78 is 53.6. The minimum absolute atomic E-state index is 0.175. The van der Waals surface area contributed by atoms with Crippen LogP contribution in [0.4, 0.5) is 17.6 Å². The summed E-state index contributed by atoms with van der Waals surface area (Å²) in [4.78, 5) is 15.1. The number of benzene rings is 1. The molecular weight excluding hydrogens is 348 g/mol. The number of carbonyl (C=O) groups is 1. The van der Waals surface area contributed by atoms with Crippen LogP contribution in [-0.2, 0) is 11.0 Å². The standard InChI is InChI=1S/C19H22F4N2O/c1-12-6-7-18(8-10-25(2)11-9-18)17(26)24-16(12)13-4-3-5-14(15(13)20)19(21,22)23/h3-5H,6-11H2,1-2H3,(H,24,26). The van der Waals surface area contributed by atoms with Crippen molar-refractivity contribution < 1.29 is 22.4 Å². The topological polar surface area (TPSA) is 32.3 Å². The first-order chi connectivity index (χ1) is 12.1. The van der Waals surface area contributed by atoms with Crippen LogP contribution in [0, 0.1) is 11.2 Å². The van der Waals surface area contributed by atoms with Gasteiger partial charge in [0.25, 0.3) is 0 Å². The van der Waals surface area contributed by atoms with E-state index in [0.29, 0.717) is 37.3 Å². The summed E-state index contributed by atoms with van der Waals surface area (Å²) in [6.07, 6.45) is -2.21. The molecule has 0 aliphatic carbocycles. The van der Waals surface area contributed by atoms with Crippen molar-refractivity contribution in [3.63, 3.8) is 0 Å². The Balaban J connectivity index is 1.96. The molecule has 142 valence electrons. The first kappa shape index (κ1) is 18.9. The minimum atomic E-state index is -4.78. The zero-order chi connectivity index (χ0) is 19.1. The Labute approximate surface area is 150 Å². The second-order valence-electron chi connectivity index (χ2n) is 7.36. The van der Waals surface area contributed by atoms with Crippen LogP contribution in [0.3, 0.4) is 0 Å². The first-order valence-electron chi connectivity index (χ1n) is 8.70. The SMILES string of the molecule is CC1=C(c2cccc(C(F)(F)F)c2F)NC(=O)C2(CC1)CCN(C)CC2. The van der Waals surface area contributed by atoms with Gasteiger partial charge in [-0.25, -0.2) is 4.39 Å². The fourth-order valence-corrected chi connectivity index (χ4v) is 3.78. The third kappa shape index (κ3) is 3.37. The van der Waals surface area contributed by atoms with Gasteiger partial charge in [-0.3, -0.25) is 4.79 Å². The number of halogens is 4. The van der Waals surface area contributed by atoms with Crippen LogP contribution in [0.15, 0.2) is 23.8 Å². The van der Waals surface area contributed by atoms with Crippen LogP contribution >= 0.6 is 0 Å². The Morgan fingerprint density at radius 2 is 1.81 bits per heavy atom. The summed E-state index contributed by atoms with van der Waals surface area (Å²) >= 11 is 0. The van der Waals surface area contributed by atoms with E-state index in [-0.39, 0.29) is 17.2 Å². The minimum Gasteiger partial charge on any atom is -0.325 e. The monoisotopic (exact) mass is 370 g/mol. The predicted octanol–water partition coefficient (Wildman–Crippen LogP) is 4.20. The molecule has 1 amide bonds. The van der Waals surface area contributed by atoms with E-state index in [1.54, 1.807) is 6.92 Å². The molecule has 1 N–H and O–H groups in total. The summed E-state index contributed by atoms with van der Waals surface area (Å²) in [7, 11) is 1.99. The fourth-order valence-electron chi connectivity index (χ4n) is 3.78. The molecule has 7 heteroatoms. The molecule has 1 aromatic carbocycles. The third-order valence-electron chi connectivity index (χ3n) is 5.64. The molecule has 2 aliphatic rings. The van der Waals surface area contributed by atoms with E-state index >= 15 is 0 Å². The lowest BCUT2D eigenvalue weighted by atomic mass is 9.74. The van der Waals surface area contributed by atoms with Gasteiger partial charge in [-0.1, -0.05) is 6.07 Å². The highest BCUT2D eigenvalue weighted by Crippen LogP contribution is 2.42. The van der Waals surface area contributed by atoms with E-state index in [0.717, 1.165) is 13.1 Å². The van der Waals surface area contributed by atoms with E-state index in [9.17, 15) is 22.4 Å². The molecule has 0 atom stereocenters. The van der Waals surface area contributed by atoms with E-state index < -0.39 is 23.0 Å². The summed E-state index contributed by atoms with van der Waals surface area (Å²) in [6.45, 7) is 3.32. The number of carbonyl (C=O) groups excluding carboxylic acids is 1. The molecule has 1 aromatic rings. The van der Waals surface area contributed by atoms with Crippen molar-refractivity contribution in [1.82, 2.24) is 10.2 Å². The van der Waals surface area contributed by atoms with Gasteiger partial charge in [0.15, 0.2) is 0 Å². The van der Waals surface area contributed by atoms with Gasteiger partial charge in [0.1, 0.15) is 5.82 Å². The lowest BCUT2D eigenvalue weighted by Crippen LogP contribution is -2.46. The lowest BCUT2D eigenvalue weighted by molar-refractivity contribution is -0.140. The van der Waals surface area contributed by atoms with Crippen molar-refractivity contribution in [3.8, 4) is 0 Å². The molecule has 1 saturated heterocycles. The number of amides is 1. The average molecular weight is 370 g/mol. The largest absolute Gasteiger partial charge is 0.419 e. The smallest absolute Gasteiger partial charge is 0.325 e. The molecule has 0 aromatic heterocycles. The Hall–Kier alpha value is -1.89. The maximum Gasteiger partial charge on any atom is 0.419 e. The van der Waals surface area contributed by atoms with Gasteiger partial charge in [0.2, 0.25) is 5.91 Å². The number of nitrogens with zero attached hydrogens (tertiary/aromatic N) is 1. The molecule has 0 saturated carbocycles. The fraction of sp³-hybridized carbons (Fsp3) is 0.526. The van der Waals surface area contributed by atoms with E-state index in [1.165, 1.54) is 12.1 Å². The zero-order valence-corrected chi connectivity index (χ0v) is 14.8. The number of piperidine rings is 1. The van der Waals surface area contributed by atoms with Gasteiger partial charge >= 0.3 is 6.18 Å². The van der Waals surface area contributed by atoms with Gasteiger partial charge in [0, 0.05) is 11.3 Å². The average Bonchev–Trinajstić information content (AvgIpc) is 2.69. The molecule has 1 spiro atoms. The molecule has 2 aliphatic heterocycles. The molecular formula is C19H22F4N2O. The van der Waals surface area contributed by atoms with Gasteiger partial charge in [-0.05, 0) is 70.5 Å². The van der Waals surface area contributed by atoms with Crippen LogP contribution in [-0.4, -0.2) is 30.9 Å². The van der Waals surface area contributed by atoms with Crippen LogP contribution in [0.2, 0.25) is 0 Å². The number of alkyl halides is 3. The van der Waals surface area contributed by atoms with Crippen molar-refractivity contribution in [1.29, 1.82) is 0 Å². The van der Waals surface area contributed by atoms with Crippen molar-refractivity contribution in [2.24, 2.45) is 5.41 Å². The predicted molar refractivity (Wildman–Crippen MR) is 90.5 cm³/mol. The van der Waals surface area contributed by atoms with Crippen molar-refractivity contribution in [2.45, 2.75) is 38.8 Å². The summed E-state index contributed by atoms with van der Waals surface area (Å²) in [5.41, 5.74) is -1.17. The highest BCUT2D eigenvalue weighted by molar-refractivity contribution is 5.92. The third-order valence-corrected chi connectivity index (χ3v) is 5.64. The maximum atomic E-state index is 14.6. The maximum absolute atomic E-state index is 14.6. The Morgan fingerprint density at radius 1 is 1.15 bits per heavy atom. The number of hydrogen-bond acceptors (Lipinski definition) is 2. The molecule has 26 heavy (non-hydrogen) atoms. The number of allylic oxidation sites excluding steroid dienone is 1. The summed E-state index contributed by atoms with van der Waals surface area (Å²) in [5, 5.41) is 2.75. The zero-order valence-electron chi connectivity index (χ0n) is 14.8. The number of likely N-dealkylation sites (tertiary alicyclic amines) is 1. The van der Waals surface area contributed by atoms with Crippen LogP contribution in [0.25, 0.3) is 5.70 Å². The van der Waals surface area contributed by atoms with Crippen molar-refractivity contribution >= 4 is 11.6 Å². The Kier molecular flexibility index (Phi) is 4.86. The van der Waals surface area contributed by atoms with Gasteiger partial charge < -0.3 is 10.2 Å². The summed E-state index contributed by atoms with van der Waals surface area (Å²) in [5.74, 6) is -1.55. The second kappa shape index (κ2) is 6.68. The molecule has 2 heterocycles. The number of rotatable bonds is 1. The van der Waals surface area contributed by atoms with Crippen molar-refractivity contribution in [3.05, 3.63) is 40.7 Å². The highest BCUT2D eigenvalue weighted by atomic mass is 19.4. The van der Waals surface area contributed by atoms with Crippen LogP contribution in [0.5, 0.6) is 0 Å². The van der Waals surface area contributed by atoms with Crippen LogP contribution < -0.4 is 5.32 Å². The molecule has 0 bridgehead atoms. The van der Waals surface area contributed by atoms with E-state index in [1.807, 2.05) is 7.05 Å². The highest BCUT2D eigenvalue weighted by Gasteiger charge is 2.43. The normalized spacial score (nSPS) is 21.7. The molecule has 3 rings (SSSR count). The molecule has 1 fully saturated rings. The number of nitrogens with one attached hydrogen (secondary N) is 1. The van der Waals surface area contributed by atoms with Gasteiger partial charge in [-0.15, -0.1) is 0 Å². The van der Waals surface area contributed by atoms with Gasteiger partial charge in [0.05, 0.1) is 11.0 Å². The molecule has 0 unspecified atom stereocenters. The summed E-state index contributed by atoms with van der Waals surface area (Å²) in [6, 6.07) is 3.17. The van der Waals surface area contributed by atoms with Crippen LogP contribution in [0.1, 0.15) is 43.7 Å². The quantitative estimate of drug-likeness (QED) is 0.752. The number of hydrogen-bond donors (Lipinski definition) is 1. The Morgan fingerprint density at radius 3 is 2.42 bits per heavy atom. The Bertz CT molecular complexity index is 746. The molecule has 0 radical (unpaired) electrons.